The molecule has 27 heavy (non-hydrogen) atoms. The Morgan fingerprint density at radius 2 is 1.78 bits per heavy atom. The number of rotatable bonds is 2. The molecule has 0 unspecified atom stereocenters. The van der Waals surface area contributed by atoms with E-state index in [2.05, 4.69) is 23.1 Å². The summed E-state index contributed by atoms with van der Waals surface area (Å²) in [6.07, 6.45) is 3.40. The standard InChI is InChI=1S/C20H25N3O3S/c24-18(22-11-7-20(8-12-22)25-13-14-26-20)15-5-9-23(10-6-15)19-21-16-3-1-2-4-17(16)27-19/h1-4,15H,5-14H2. The SMILES string of the molecule is O=C(C1CCN(c2nc3ccccc3s2)CC1)N1CCC2(CC1)OCCO2. The van der Waals surface area contributed by atoms with Gasteiger partial charge in [-0.25, -0.2) is 4.98 Å². The molecule has 3 aliphatic rings. The Kier molecular flexibility index (Phi) is 4.53. The van der Waals surface area contributed by atoms with Crippen molar-refractivity contribution in [2.24, 2.45) is 5.92 Å². The van der Waals surface area contributed by atoms with Crippen LogP contribution >= 0.6 is 11.3 Å². The van der Waals surface area contributed by atoms with Crippen molar-refractivity contribution in [3.63, 3.8) is 0 Å². The number of benzene rings is 1. The van der Waals surface area contributed by atoms with Crippen LogP contribution in [0, 0.1) is 5.92 Å². The van der Waals surface area contributed by atoms with E-state index in [1.165, 1.54) is 4.70 Å². The molecule has 0 N–H and O–H groups in total. The molecule has 3 aliphatic heterocycles. The molecule has 0 atom stereocenters. The van der Waals surface area contributed by atoms with Gasteiger partial charge >= 0.3 is 0 Å². The summed E-state index contributed by atoms with van der Waals surface area (Å²) in [6, 6.07) is 8.26. The van der Waals surface area contributed by atoms with Crippen LogP contribution in [0.1, 0.15) is 25.7 Å². The molecule has 0 saturated carbocycles. The Morgan fingerprint density at radius 3 is 2.48 bits per heavy atom. The zero-order chi connectivity index (χ0) is 18.3. The number of aromatic nitrogens is 1. The van der Waals surface area contributed by atoms with Crippen LogP contribution < -0.4 is 4.90 Å². The first kappa shape index (κ1) is 17.4. The van der Waals surface area contributed by atoms with E-state index in [-0.39, 0.29) is 5.92 Å². The summed E-state index contributed by atoms with van der Waals surface area (Å²) in [5, 5.41) is 1.08. The van der Waals surface area contributed by atoms with Crippen LogP contribution in [0.3, 0.4) is 0 Å². The fraction of sp³-hybridized carbons (Fsp3) is 0.600. The lowest BCUT2D eigenvalue weighted by atomic mass is 9.94. The van der Waals surface area contributed by atoms with E-state index in [0.29, 0.717) is 19.1 Å². The molecule has 0 bridgehead atoms. The molecular formula is C20H25N3O3S. The molecular weight excluding hydrogens is 362 g/mol. The van der Waals surface area contributed by atoms with Crippen LogP contribution in [-0.4, -0.2) is 61.0 Å². The Labute approximate surface area is 163 Å². The number of amides is 1. The van der Waals surface area contributed by atoms with Crippen LogP contribution in [0.5, 0.6) is 0 Å². The second-order valence-electron chi connectivity index (χ2n) is 7.66. The predicted molar refractivity (Wildman–Crippen MR) is 105 cm³/mol. The summed E-state index contributed by atoms with van der Waals surface area (Å²) in [5.41, 5.74) is 1.06. The van der Waals surface area contributed by atoms with Gasteiger partial charge in [0.15, 0.2) is 10.9 Å². The number of hydrogen-bond acceptors (Lipinski definition) is 6. The average Bonchev–Trinajstić information content (AvgIpc) is 3.35. The summed E-state index contributed by atoms with van der Waals surface area (Å²) in [6.45, 7) is 4.66. The maximum absolute atomic E-state index is 13.0. The Bertz CT molecular complexity index is 782. The third kappa shape index (κ3) is 3.32. The molecule has 144 valence electrons. The number of hydrogen-bond donors (Lipinski definition) is 0. The van der Waals surface area contributed by atoms with Gasteiger partial charge in [0.05, 0.1) is 23.4 Å². The summed E-state index contributed by atoms with van der Waals surface area (Å²) >= 11 is 1.74. The summed E-state index contributed by atoms with van der Waals surface area (Å²) in [7, 11) is 0. The van der Waals surface area contributed by atoms with Gasteiger partial charge in [-0.1, -0.05) is 23.5 Å². The second kappa shape index (κ2) is 7.04. The molecule has 7 heteroatoms. The number of para-hydroxylation sites is 1. The van der Waals surface area contributed by atoms with Crippen LogP contribution in [0.4, 0.5) is 5.13 Å². The zero-order valence-electron chi connectivity index (χ0n) is 15.4. The molecule has 3 fully saturated rings. The lowest BCUT2D eigenvalue weighted by molar-refractivity contribution is -0.188. The topological polar surface area (TPSA) is 54.9 Å². The van der Waals surface area contributed by atoms with Gasteiger partial charge in [0.25, 0.3) is 0 Å². The van der Waals surface area contributed by atoms with Crippen LogP contribution in [-0.2, 0) is 14.3 Å². The summed E-state index contributed by atoms with van der Waals surface area (Å²) < 4.78 is 12.8. The fourth-order valence-electron chi connectivity index (χ4n) is 4.42. The van der Waals surface area contributed by atoms with Crippen molar-refractivity contribution in [2.45, 2.75) is 31.5 Å². The third-order valence-corrected chi connectivity index (χ3v) is 7.14. The quantitative estimate of drug-likeness (QED) is 0.793. The molecule has 1 aromatic carbocycles. The van der Waals surface area contributed by atoms with Crippen molar-refractivity contribution in [1.29, 1.82) is 0 Å². The van der Waals surface area contributed by atoms with Crippen molar-refractivity contribution in [1.82, 2.24) is 9.88 Å². The molecule has 4 heterocycles. The number of nitrogens with zero attached hydrogens (tertiary/aromatic N) is 3. The maximum Gasteiger partial charge on any atom is 0.225 e. The van der Waals surface area contributed by atoms with Crippen molar-refractivity contribution in [3.05, 3.63) is 24.3 Å². The Morgan fingerprint density at radius 1 is 1.07 bits per heavy atom. The van der Waals surface area contributed by atoms with Gasteiger partial charge < -0.3 is 19.3 Å². The van der Waals surface area contributed by atoms with Gasteiger partial charge in [0.2, 0.25) is 5.91 Å². The molecule has 6 nitrogen and oxygen atoms in total. The van der Waals surface area contributed by atoms with Crippen LogP contribution in [0.15, 0.2) is 24.3 Å². The van der Waals surface area contributed by atoms with E-state index in [9.17, 15) is 4.79 Å². The first-order chi connectivity index (χ1) is 13.2. The van der Waals surface area contributed by atoms with E-state index in [1.54, 1.807) is 11.3 Å². The third-order valence-electron chi connectivity index (χ3n) is 6.05. The number of anilines is 1. The lowest BCUT2D eigenvalue weighted by Gasteiger charge is -2.40. The van der Waals surface area contributed by atoms with Crippen LogP contribution in [0.2, 0.25) is 0 Å². The van der Waals surface area contributed by atoms with Crippen molar-refractivity contribution < 1.29 is 14.3 Å². The molecule has 1 aromatic heterocycles. The highest BCUT2D eigenvalue weighted by atomic mass is 32.1. The van der Waals surface area contributed by atoms with E-state index < -0.39 is 5.79 Å². The molecule has 1 spiro atoms. The predicted octanol–water partition coefficient (Wildman–Crippen LogP) is 2.88. The highest BCUT2D eigenvalue weighted by Crippen LogP contribution is 2.34. The van der Waals surface area contributed by atoms with Gasteiger partial charge in [0, 0.05) is 44.9 Å². The second-order valence-corrected chi connectivity index (χ2v) is 8.67. The van der Waals surface area contributed by atoms with E-state index in [4.69, 9.17) is 14.5 Å². The van der Waals surface area contributed by atoms with Gasteiger partial charge in [-0.05, 0) is 25.0 Å². The minimum Gasteiger partial charge on any atom is -0.348 e. The maximum atomic E-state index is 13.0. The first-order valence-corrected chi connectivity index (χ1v) is 10.7. The number of carbonyl (C=O) groups excluding carboxylic acids is 1. The zero-order valence-corrected chi connectivity index (χ0v) is 16.2. The van der Waals surface area contributed by atoms with Crippen molar-refractivity contribution >= 4 is 32.6 Å². The van der Waals surface area contributed by atoms with Gasteiger partial charge in [-0.3, -0.25) is 4.79 Å². The minimum atomic E-state index is -0.410. The van der Waals surface area contributed by atoms with Gasteiger partial charge in [-0.15, -0.1) is 0 Å². The Balaban J connectivity index is 1.17. The summed E-state index contributed by atoms with van der Waals surface area (Å²) in [5.74, 6) is 0.0365. The largest absolute Gasteiger partial charge is 0.348 e. The lowest BCUT2D eigenvalue weighted by Crippen LogP contribution is -2.50. The molecule has 0 radical (unpaired) electrons. The van der Waals surface area contributed by atoms with Crippen LogP contribution in [0.25, 0.3) is 10.2 Å². The molecule has 0 aliphatic carbocycles. The van der Waals surface area contributed by atoms with Gasteiger partial charge in [0.1, 0.15) is 0 Å². The number of fused-ring (bicyclic) bond motifs is 1. The van der Waals surface area contributed by atoms with E-state index in [0.717, 1.165) is 62.5 Å². The molecule has 2 aromatic rings. The highest BCUT2D eigenvalue weighted by Gasteiger charge is 2.42. The number of thiazole rings is 1. The number of likely N-dealkylation sites (tertiary alicyclic amines) is 1. The number of carbonyl (C=O) groups is 1. The van der Waals surface area contributed by atoms with Gasteiger partial charge in [-0.2, -0.15) is 0 Å². The van der Waals surface area contributed by atoms with E-state index >= 15 is 0 Å². The highest BCUT2D eigenvalue weighted by molar-refractivity contribution is 7.22. The normalized spacial score (nSPS) is 23.4. The average molecular weight is 388 g/mol. The summed E-state index contributed by atoms with van der Waals surface area (Å²) in [4.78, 5) is 22.1. The molecule has 1 amide bonds. The molecule has 3 saturated heterocycles. The number of piperidine rings is 2. The smallest absolute Gasteiger partial charge is 0.225 e. The number of ether oxygens (including phenoxy) is 2. The minimum absolute atomic E-state index is 0.134. The van der Waals surface area contributed by atoms with E-state index in [1.807, 2.05) is 11.0 Å². The monoisotopic (exact) mass is 387 g/mol. The van der Waals surface area contributed by atoms with Crippen molar-refractivity contribution in [2.75, 3.05) is 44.3 Å². The Hall–Kier alpha value is -1.70. The van der Waals surface area contributed by atoms with Crippen molar-refractivity contribution in [3.8, 4) is 0 Å². The first-order valence-electron chi connectivity index (χ1n) is 9.90. The fourth-order valence-corrected chi connectivity index (χ4v) is 5.44. The molecule has 5 rings (SSSR count).